The van der Waals surface area contributed by atoms with Crippen molar-refractivity contribution in [3.8, 4) is 0 Å². The summed E-state index contributed by atoms with van der Waals surface area (Å²) in [6, 6.07) is 0. The van der Waals surface area contributed by atoms with Crippen LogP contribution in [-0.4, -0.2) is 32.6 Å². The Morgan fingerprint density at radius 1 is 1.08 bits per heavy atom. The van der Waals surface area contributed by atoms with E-state index in [1.165, 1.54) is 0 Å². The monoisotopic (exact) mass is 188 g/mol. The Morgan fingerprint density at radius 3 is 1.83 bits per heavy atom. The molecule has 1 aromatic heterocycles. The van der Waals surface area contributed by atoms with Gasteiger partial charge in [0.15, 0.2) is 4.77 Å². The fraction of sp³-hybridized carbons (Fsp3) is 0.571. The molecule has 0 spiro atoms. The van der Waals surface area contributed by atoms with Gasteiger partial charge in [0.05, 0.1) is 13.2 Å². The summed E-state index contributed by atoms with van der Waals surface area (Å²) in [4.78, 5) is 0. The molecule has 5 heteroatoms. The molecule has 1 heterocycles. The van der Waals surface area contributed by atoms with Gasteiger partial charge < -0.3 is 19.3 Å². The second-order valence-electron chi connectivity index (χ2n) is 2.41. The lowest BCUT2D eigenvalue weighted by atomic mass is 10.7. The van der Waals surface area contributed by atoms with Crippen molar-refractivity contribution < 1.29 is 10.2 Å². The second-order valence-corrected chi connectivity index (χ2v) is 2.78. The summed E-state index contributed by atoms with van der Waals surface area (Å²) in [5.41, 5.74) is 0. The zero-order valence-electron chi connectivity index (χ0n) is 6.68. The van der Waals surface area contributed by atoms with Crippen LogP contribution in [-0.2, 0) is 13.1 Å². The van der Waals surface area contributed by atoms with Gasteiger partial charge in [0.25, 0.3) is 0 Å². The minimum absolute atomic E-state index is 0.0808. The van der Waals surface area contributed by atoms with Crippen molar-refractivity contribution in [1.82, 2.24) is 9.13 Å². The van der Waals surface area contributed by atoms with E-state index in [0.29, 0.717) is 17.9 Å². The standard InChI is InChI=1S/C7H12N2O2S/c10-5-3-8-1-2-9(4-6-11)7(8)12/h1-2,10-11H,3-6H2. The number of aromatic nitrogens is 2. The van der Waals surface area contributed by atoms with Gasteiger partial charge in [-0.15, -0.1) is 0 Å². The molecule has 0 aliphatic rings. The number of hydrogen-bond acceptors (Lipinski definition) is 3. The summed E-state index contributed by atoms with van der Waals surface area (Å²) in [6.07, 6.45) is 3.60. The number of imidazole rings is 1. The number of aliphatic hydroxyl groups is 2. The van der Waals surface area contributed by atoms with Gasteiger partial charge >= 0.3 is 0 Å². The Bertz CT molecular complexity index is 265. The number of hydrogen-bond donors (Lipinski definition) is 2. The quantitative estimate of drug-likeness (QED) is 0.654. The van der Waals surface area contributed by atoms with Gasteiger partial charge in [-0.25, -0.2) is 0 Å². The van der Waals surface area contributed by atoms with Gasteiger partial charge in [0, 0.05) is 25.5 Å². The van der Waals surface area contributed by atoms with Crippen molar-refractivity contribution in [3.05, 3.63) is 17.2 Å². The summed E-state index contributed by atoms with van der Waals surface area (Å²) in [5.74, 6) is 0. The summed E-state index contributed by atoms with van der Waals surface area (Å²) in [5, 5.41) is 17.3. The van der Waals surface area contributed by atoms with Crippen LogP contribution in [0.2, 0.25) is 0 Å². The van der Waals surface area contributed by atoms with E-state index in [0.717, 1.165) is 0 Å². The maximum absolute atomic E-state index is 8.66. The first-order valence-electron chi connectivity index (χ1n) is 3.77. The number of rotatable bonds is 4. The molecule has 0 unspecified atom stereocenters. The first-order chi connectivity index (χ1) is 5.79. The van der Waals surface area contributed by atoms with Crippen LogP contribution < -0.4 is 0 Å². The minimum atomic E-state index is 0.0808. The highest BCUT2D eigenvalue weighted by Gasteiger charge is 1.97. The fourth-order valence-electron chi connectivity index (χ4n) is 1.01. The van der Waals surface area contributed by atoms with E-state index in [1.807, 2.05) is 0 Å². The van der Waals surface area contributed by atoms with E-state index in [2.05, 4.69) is 0 Å². The highest BCUT2D eigenvalue weighted by molar-refractivity contribution is 7.71. The Hall–Kier alpha value is -0.650. The highest BCUT2D eigenvalue weighted by Crippen LogP contribution is 1.96. The van der Waals surface area contributed by atoms with Crippen LogP contribution in [0.3, 0.4) is 0 Å². The molecule has 0 aliphatic carbocycles. The van der Waals surface area contributed by atoms with Crippen LogP contribution in [0.25, 0.3) is 0 Å². The van der Waals surface area contributed by atoms with Crippen molar-refractivity contribution in [2.45, 2.75) is 13.1 Å². The van der Waals surface area contributed by atoms with Crippen molar-refractivity contribution in [3.63, 3.8) is 0 Å². The molecule has 0 saturated heterocycles. The molecule has 0 aliphatic heterocycles. The Labute approximate surface area is 75.7 Å². The van der Waals surface area contributed by atoms with Gasteiger partial charge in [-0.3, -0.25) is 0 Å². The lowest BCUT2D eigenvalue weighted by Gasteiger charge is -1.99. The Morgan fingerprint density at radius 2 is 1.50 bits per heavy atom. The van der Waals surface area contributed by atoms with Crippen molar-refractivity contribution in [1.29, 1.82) is 0 Å². The lowest BCUT2D eigenvalue weighted by molar-refractivity contribution is 0.268. The molecule has 4 nitrogen and oxygen atoms in total. The summed E-state index contributed by atoms with van der Waals surface area (Å²) in [7, 11) is 0. The molecule has 2 N–H and O–H groups in total. The number of nitrogens with zero attached hydrogens (tertiary/aromatic N) is 2. The summed E-state index contributed by atoms with van der Waals surface area (Å²) >= 11 is 5.06. The predicted octanol–water partition coefficient (Wildman–Crippen LogP) is 0.00369. The topological polar surface area (TPSA) is 50.3 Å². The largest absolute Gasteiger partial charge is 0.395 e. The molecule has 12 heavy (non-hydrogen) atoms. The molecule has 0 aromatic carbocycles. The molecule has 1 rings (SSSR count). The van der Waals surface area contributed by atoms with Crippen LogP contribution in [0.4, 0.5) is 0 Å². The normalized spacial score (nSPS) is 10.5. The summed E-state index contributed by atoms with van der Waals surface area (Å²) in [6.45, 7) is 1.18. The average Bonchev–Trinajstić information content (AvgIpc) is 2.38. The van der Waals surface area contributed by atoms with E-state index in [1.54, 1.807) is 21.5 Å². The first-order valence-corrected chi connectivity index (χ1v) is 4.17. The second kappa shape index (κ2) is 4.39. The highest BCUT2D eigenvalue weighted by atomic mass is 32.1. The third-order valence-electron chi connectivity index (χ3n) is 1.60. The van der Waals surface area contributed by atoms with Crippen LogP contribution in [0.15, 0.2) is 12.4 Å². The van der Waals surface area contributed by atoms with Crippen molar-refractivity contribution >= 4 is 12.2 Å². The van der Waals surface area contributed by atoms with Crippen LogP contribution >= 0.6 is 12.2 Å². The van der Waals surface area contributed by atoms with E-state index >= 15 is 0 Å². The van der Waals surface area contributed by atoms with Crippen LogP contribution in [0, 0.1) is 4.77 Å². The molecule has 1 aromatic rings. The maximum Gasteiger partial charge on any atom is 0.179 e. The third kappa shape index (κ3) is 1.94. The third-order valence-corrected chi connectivity index (χ3v) is 2.07. The molecular weight excluding hydrogens is 176 g/mol. The van der Waals surface area contributed by atoms with Gasteiger partial charge in [0.1, 0.15) is 0 Å². The van der Waals surface area contributed by atoms with Gasteiger partial charge in [-0.2, -0.15) is 0 Å². The Kier molecular flexibility index (Phi) is 3.46. The van der Waals surface area contributed by atoms with E-state index in [4.69, 9.17) is 22.4 Å². The predicted molar refractivity (Wildman–Crippen MR) is 47.4 cm³/mol. The van der Waals surface area contributed by atoms with Crippen LogP contribution in [0.1, 0.15) is 0 Å². The van der Waals surface area contributed by atoms with Crippen molar-refractivity contribution in [2.24, 2.45) is 0 Å². The van der Waals surface area contributed by atoms with Gasteiger partial charge in [0.2, 0.25) is 0 Å². The van der Waals surface area contributed by atoms with E-state index in [9.17, 15) is 0 Å². The lowest BCUT2D eigenvalue weighted by Crippen LogP contribution is -2.05. The maximum atomic E-state index is 8.66. The minimum Gasteiger partial charge on any atom is -0.395 e. The zero-order chi connectivity index (χ0) is 8.97. The van der Waals surface area contributed by atoms with Crippen LogP contribution in [0.5, 0.6) is 0 Å². The van der Waals surface area contributed by atoms with Crippen molar-refractivity contribution in [2.75, 3.05) is 13.2 Å². The molecule has 0 radical (unpaired) electrons. The number of aliphatic hydroxyl groups excluding tert-OH is 2. The molecular formula is C7H12N2O2S. The van der Waals surface area contributed by atoms with E-state index < -0.39 is 0 Å². The van der Waals surface area contributed by atoms with E-state index in [-0.39, 0.29) is 13.2 Å². The molecule has 0 bridgehead atoms. The molecule has 0 saturated carbocycles. The van der Waals surface area contributed by atoms with Gasteiger partial charge in [-0.05, 0) is 12.2 Å². The SMILES string of the molecule is OCCn1ccn(CCO)c1=S. The zero-order valence-corrected chi connectivity index (χ0v) is 7.50. The Balaban J connectivity index is 2.81. The summed E-state index contributed by atoms with van der Waals surface area (Å²) < 4.78 is 4.17. The average molecular weight is 188 g/mol. The smallest absolute Gasteiger partial charge is 0.179 e. The first kappa shape index (κ1) is 9.44. The molecule has 0 fully saturated rings. The fourth-order valence-corrected chi connectivity index (χ4v) is 1.31. The molecule has 0 atom stereocenters. The van der Waals surface area contributed by atoms with Gasteiger partial charge in [-0.1, -0.05) is 0 Å². The molecule has 68 valence electrons. The molecule has 0 amide bonds.